The van der Waals surface area contributed by atoms with E-state index >= 15 is 0 Å². The van der Waals surface area contributed by atoms with Crippen LogP contribution in [0.25, 0.3) is 0 Å². The topological polar surface area (TPSA) is 93.4 Å². The third-order valence-electron chi connectivity index (χ3n) is 3.03. The molecular formula is C10H15N5O2S. The first-order chi connectivity index (χ1) is 8.74. The van der Waals surface area contributed by atoms with Crippen LogP contribution in [0.2, 0.25) is 0 Å². The number of nitrogen functional groups attached to an aromatic ring is 1. The Morgan fingerprint density at radius 2 is 2.39 bits per heavy atom. The Morgan fingerprint density at radius 1 is 1.56 bits per heavy atom. The number of rotatable bonds is 3. The Hall–Kier alpha value is -1.41. The fourth-order valence-corrected chi connectivity index (χ4v) is 2.59. The summed E-state index contributed by atoms with van der Waals surface area (Å²) in [6, 6.07) is 0.0208. The van der Waals surface area contributed by atoms with E-state index in [9.17, 15) is 4.79 Å². The number of nitrogens with zero attached hydrogens (tertiary/aromatic N) is 3. The van der Waals surface area contributed by atoms with Gasteiger partial charge in [-0.05, 0) is 12.8 Å². The number of anilines is 2. The van der Waals surface area contributed by atoms with Crippen molar-refractivity contribution in [2.24, 2.45) is 0 Å². The fraction of sp³-hybridized carbons (Fsp3) is 0.700. The number of hydrogen-bond donors (Lipinski definition) is 2. The number of nitrogens with two attached hydrogens (primary N) is 1. The highest BCUT2D eigenvalue weighted by Gasteiger charge is 2.34. The maximum absolute atomic E-state index is 12.1. The molecule has 1 atom stereocenters. The van der Waals surface area contributed by atoms with Crippen LogP contribution in [0.5, 0.6) is 0 Å². The third kappa shape index (κ3) is 2.39. The predicted molar refractivity (Wildman–Crippen MR) is 67.4 cm³/mol. The Bertz CT molecular complexity index is 447. The molecule has 1 aromatic heterocycles. The molecule has 18 heavy (non-hydrogen) atoms. The summed E-state index contributed by atoms with van der Waals surface area (Å²) in [7, 11) is 0. The first-order valence-corrected chi connectivity index (χ1v) is 6.75. The molecule has 1 amide bonds. The van der Waals surface area contributed by atoms with Crippen LogP contribution in [-0.4, -0.2) is 47.1 Å². The normalized spacial score (nSPS) is 24.0. The quantitative estimate of drug-likeness (QED) is 0.776. The number of morpholine rings is 1. The summed E-state index contributed by atoms with van der Waals surface area (Å²) >= 11 is 1.22. The van der Waals surface area contributed by atoms with E-state index in [-0.39, 0.29) is 17.9 Å². The molecule has 2 heterocycles. The Kier molecular flexibility index (Phi) is 3.04. The summed E-state index contributed by atoms with van der Waals surface area (Å²) < 4.78 is 9.34. The largest absolute Gasteiger partial charge is 0.377 e. The van der Waals surface area contributed by atoms with Crippen molar-refractivity contribution in [2.45, 2.75) is 24.9 Å². The van der Waals surface area contributed by atoms with Gasteiger partial charge in [-0.3, -0.25) is 4.79 Å². The number of nitrogens with one attached hydrogen (secondary N) is 1. The van der Waals surface area contributed by atoms with Crippen LogP contribution in [0.1, 0.15) is 12.8 Å². The molecule has 1 saturated carbocycles. The SMILES string of the molecule is Nc1nsc(N2CCOCC2C(=O)NC2CC2)n1. The van der Waals surface area contributed by atoms with Crippen molar-refractivity contribution < 1.29 is 9.53 Å². The lowest BCUT2D eigenvalue weighted by molar-refractivity contribution is -0.124. The summed E-state index contributed by atoms with van der Waals surface area (Å²) in [5.74, 6) is 0.258. The van der Waals surface area contributed by atoms with Gasteiger partial charge in [-0.2, -0.15) is 9.36 Å². The standard InChI is InChI=1S/C10H15N5O2S/c11-9-13-10(18-14-9)15-3-4-17-5-7(15)8(16)12-6-1-2-6/h6-7H,1-5H2,(H2,11,14)(H,12,16). The van der Waals surface area contributed by atoms with Crippen molar-refractivity contribution in [3.8, 4) is 0 Å². The Labute approximate surface area is 108 Å². The molecule has 3 rings (SSSR count). The van der Waals surface area contributed by atoms with Gasteiger partial charge < -0.3 is 20.7 Å². The molecule has 1 aliphatic heterocycles. The Balaban J connectivity index is 1.74. The van der Waals surface area contributed by atoms with E-state index in [0.29, 0.717) is 30.9 Å². The number of hydrogen-bond acceptors (Lipinski definition) is 7. The third-order valence-corrected chi connectivity index (χ3v) is 3.80. The minimum atomic E-state index is -0.327. The molecule has 8 heteroatoms. The molecule has 0 aromatic carbocycles. The van der Waals surface area contributed by atoms with Crippen molar-refractivity contribution in [1.29, 1.82) is 0 Å². The molecule has 0 bridgehead atoms. The van der Waals surface area contributed by atoms with Crippen molar-refractivity contribution >= 4 is 28.5 Å². The zero-order chi connectivity index (χ0) is 12.5. The van der Waals surface area contributed by atoms with Crippen molar-refractivity contribution in [1.82, 2.24) is 14.7 Å². The summed E-state index contributed by atoms with van der Waals surface area (Å²) in [6.45, 7) is 1.61. The van der Waals surface area contributed by atoms with Crippen LogP contribution in [-0.2, 0) is 9.53 Å². The smallest absolute Gasteiger partial charge is 0.245 e. The minimum Gasteiger partial charge on any atom is -0.377 e. The number of amides is 1. The number of carbonyl (C=O) groups is 1. The van der Waals surface area contributed by atoms with E-state index in [0.717, 1.165) is 12.8 Å². The van der Waals surface area contributed by atoms with Crippen molar-refractivity contribution in [2.75, 3.05) is 30.4 Å². The first-order valence-electron chi connectivity index (χ1n) is 5.98. The lowest BCUT2D eigenvalue weighted by atomic mass is 10.2. The van der Waals surface area contributed by atoms with Gasteiger partial charge in [0.05, 0.1) is 13.2 Å². The van der Waals surface area contributed by atoms with Crippen LogP contribution in [0.15, 0.2) is 0 Å². The number of aromatic nitrogens is 2. The van der Waals surface area contributed by atoms with Crippen LogP contribution >= 0.6 is 11.5 Å². The molecule has 98 valence electrons. The second kappa shape index (κ2) is 4.69. The highest BCUT2D eigenvalue weighted by atomic mass is 32.1. The molecule has 3 N–H and O–H groups in total. The summed E-state index contributed by atoms with van der Waals surface area (Å²) in [6.07, 6.45) is 2.15. The maximum atomic E-state index is 12.1. The average molecular weight is 269 g/mol. The minimum absolute atomic E-state index is 0.00553. The summed E-state index contributed by atoms with van der Waals surface area (Å²) in [5.41, 5.74) is 5.53. The highest BCUT2D eigenvalue weighted by molar-refractivity contribution is 7.09. The van der Waals surface area contributed by atoms with Gasteiger partial charge in [0.2, 0.25) is 17.0 Å². The number of ether oxygens (including phenoxy) is 1. The summed E-state index contributed by atoms with van der Waals surface area (Å²) in [5, 5.41) is 3.68. The van der Waals surface area contributed by atoms with Gasteiger partial charge in [0.1, 0.15) is 6.04 Å². The zero-order valence-electron chi connectivity index (χ0n) is 9.83. The van der Waals surface area contributed by atoms with Crippen molar-refractivity contribution in [3.05, 3.63) is 0 Å². The van der Waals surface area contributed by atoms with Gasteiger partial charge in [0.25, 0.3) is 0 Å². The van der Waals surface area contributed by atoms with E-state index in [1.807, 2.05) is 4.90 Å². The van der Waals surface area contributed by atoms with Gasteiger partial charge in [-0.25, -0.2) is 0 Å². The molecule has 2 aliphatic rings. The van der Waals surface area contributed by atoms with Gasteiger partial charge in [-0.15, -0.1) is 0 Å². The van der Waals surface area contributed by atoms with E-state index < -0.39 is 0 Å². The molecule has 7 nitrogen and oxygen atoms in total. The molecular weight excluding hydrogens is 254 g/mol. The average Bonchev–Trinajstić information content (AvgIpc) is 3.08. The van der Waals surface area contributed by atoms with Gasteiger partial charge in [-0.1, -0.05) is 0 Å². The van der Waals surface area contributed by atoms with Gasteiger partial charge in [0, 0.05) is 24.1 Å². The molecule has 1 aromatic rings. The molecule has 1 saturated heterocycles. The summed E-state index contributed by atoms with van der Waals surface area (Å²) in [4.78, 5) is 18.2. The molecule has 1 unspecified atom stereocenters. The monoisotopic (exact) mass is 269 g/mol. The van der Waals surface area contributed by atoms with Crippen LogP contribution in [0, 0.1) is 0 Å². The zero-order valence-corrected chi connectivity index (χ0v) is 10.7. The fourth-order valence-electron chi connectivity index (χ4n) is 1.92. The molecule has 1 aliphatic carbocycles. The van der Waals surface area contributed by atoms with Crippen LogP contribution in [0.4, 0.5) is 11.1 Å². The Morgan fingerprint density at radius 3 is 3.06 bits per heavy atom. The van der Waals surface area contributed by atoms with Crippen LogP contribution < -0.4 is 16.0 Å². The van der Waals surface area contributed by atoms with E-state index in [1.54, 1.807) is 0 Å². The molecule has 0 spiro atoms. The lowest BCUT2D eigenvalue weighted by Crippen LogP contribution is -2.54. The second-order valence-corrected chi connectivity index (χ2v) is 5.23. The number of carbonyl (C=O) groups excluding carboxylic acids is 1. The lowest BCUT2D eigenvalue weighted by Gasteiger charge is -2.33. The predicted octanol–water partition coefficient (Wildman–Crippen LogP) is -0.396. The second-order valence-electron chi connectivity index (χ2n) is 4.50. The molecule has 0 radical (unpaired) electrons. The van der Waals surface area contributed by atoms with Crippen molar-refractivity contribution in [3.63, 3.8) is 0 Å². The van der Waals surface area contributed by atoms with Gasteiger partial charge >= 0.3 is 0 Å². The van der Waals surface area contributed by atoms with Crippen LogP contribution in [0.3, 0.4) is 0 Å². The first kappa shape index (κ1) is 11.7. The van der Waals surface area contributed by atoms with Gasteiger partial charge in [0.15, 0.2) is 0 Å². The van der Waals surface area contributed by atoms with E-state index in [4.69, 9.17) is 10.5 Å². The maximum Gasteiger partial charge on any atom is 0.245 e. The van der Waals surface area contributed by atoms with E-state index in [2.05, 4.69) is 14.7 Å². The molecule has 2 fully saturated rings. The highest BCUT2D eigenvalue weighted by Crippen LogP contribution is 2.24. The van der Waals surface area contributed by atoms with E-state index in [1.165, 1.54) is 11.5 Å².